The molecule has 0 bridgehead atoms. The Kier molecular flexibility index (Phi) is 5.79. The molecule has 29 heavy (non-hydrogen) atoms. The van der Waals surface area contributed by atoms with E-state index in [-0.39, 0.29) is 30.8 Å². The molecule has 2 aromatic rings. The van der Waals surface area contributed by atoms with Crippen LogP contribution in [0.15, 0.2) is 36.4 Å². The van der Waals surface area contributed by atoms with Crippen LogP contribution < -0.4 is 9.47 Å². The maximum absolute atomic E-state index is 9.82. The van der Waals surface area contributed by atoms with E-state index in [1.54, 1.807) is 0 Å². The maximum Gasteiger partial charge on any atom is 0.124 e. The first-order valence-corrected chi connectivity index (χ1v) is 9.98. The second-order valence-electron chi connectivity index (χ2n) is 8.12. The van der Waals surface area contributed by atoms with Gasteiger partial charge in [-0.2, -0.15) is 0 Å². The summed E-state index contributed by atoms with van der Waals surface area (Å²) in [5.41, 5.74) is 3.29. The van der Waals surface area contributed by atoms with Gasteiger partial charge in [-0.25, -0.2) is 0 Å². The minimum atomic E-state index is -0.329. The normalized spacial score (nSPS) is 20.4. The average molecular weight is 400 g/mol. The third-order valence-corrected chi connectivity index (χ3v) is 5.56. The summed E-state index contributed by atoms with van der Waals surface area (Å²) in [6, 6.07) is 11.8. The van der Waals surface area contributed by atoms with Crippen LogP contribution >= 0.6 is 0 Å². The average Bonchev–Trinajstić information content (AvgIpc) is 3.65. The molecule has 2 aromatic carbocycles. The van der Waals surface area contributed by atoms with Crippen LogP contribution in [0.2, 0.25) is 0 Å². The Morgan fingerprint density at radius 1 is 0.828 bits per heavy atom. The van der Waals surface area contributed by atoms with Crippen LogP contribution in [0, 0.1) is 0 Å². The van der Waals surface area contributed by atoms with Crippen molar-refractivity contribution in [2.75, 3.05) is 26.4 Å². The fourth-order valence-corrected chi connectivity index (χ4v) is 3.33. The lowest BCUT2D eigenvalue weighted by Gasteiger charge is -2.28. The highest BCUT2D eigenvalue weighted by molar-refractivity contribution is 5.47. The van der Waals surface area contributed by atoms with Crippen molar-refractivity contribution in [2.45, 2.75) is 44.7 Å². The van der Waals surface area contributed by atoms with Gasteiger partial charge in [-0.15, -0.1) is 0 Å². The van der Waals surface area contributed by atoms with Gasteiger partial charge in [0.25, 0.3) is 0 Å². The lowest BCUT2D eigenvalue weighted by molar-refractivity contribution is 0.243. The molecule has 2 unspecified atom stereocenters. The number of rotatable bonds is 10. The van der Waals surface area contributed by atoms with Crippen molar-refractivity contribution in [1.29, 1.82) is 0 Å². The summed E-state index contributed by atoms with van der Waals surface area (Å²) in [5.74, 6) is 1.37. The van der Waals surface area contributed by atoms with Gasteiger partial charge >= 0.3 is 0 Å². The minimum absolute atomic E-state index is 0.0946. The van der Waals surface area contributed by atoms with Crippen LogP contribution in [0.5, 0.6) is 11.5 Å². The van der Waals surface area contributed by atoms with Crippen molar-refractivity contribution in [1.82, 2.24) is 0 Å². The van der Waals surface area contributed by atoms with E-state index in [1.807, 2.05) is 36.4 Å². The van der Waals surface area contributed by atoms with E-state index in [0.717, 1.165) is 35.5 Å². The molecule has 0 radical (unpaired) electrons. The number of aliphatic hydroxyl groups excluding tert-OH is 2. The summed E-state index contributed by atoms with van der Waals surface area (Å²) in [5, 5.41) is 19.6. The van der Waals surface area contributed by atoms with Crippen LogP contribution in [0.4, 0.5) is 0 Å². The quantitative estimate of drug-likeness (QED) is 0.597. The van der Waals surface area contributed by atoms with Gasteiger partial charge in [0.05, 0.1) is 26.4 Å². The molecule has 6 heteroatoms. The van der Waals surface area contributed by atoms with Gasteiger partial charge in [0.1, 0.15) is 36.9 Å². The van der Waals surface area contributed by atoms with E-state index < -0.39 is 0 Å². The van der Waals surface area contributed by atoms with Crippen LogP contribution in [-0.2, 0) is 28.1 Å². The van der Waals surface area contributed by atoms with Crippen molar-refractivity contribution in [3.63, 3.8) is 0 Å². The number of ether oxygens (including phenoxy) is 4. The first kappa shape index (κ1) is 20.2. The Morgan fingerprint density at radius 3 is 1.59 bits per heavy atom. The van der Waals surface area contributed by atoms with Crippen molar-refractivity contribution in [3.05, 3.63) is 58.7 Å². The molecule has 2 fully saturated rings. The molecule has 156 valence electrons. The second-order valence-corrected chi connectivity index (χ2v) is 8.12. The fourth-order valence-electron chi connectivity index (χ4n) is 3.33. The molecule has 0 spiro atoms. The van der Waals surface area contributed by atoms with Gasteiger partial charge in [0.2, 0.25) is 0 Å². The molecule has 0 aliphatic carbocycles. The largest absolute Gasteiger partial charge is 0.490 e. The molecule has 0 amide bonds. The predicted molar refractivity (Wildman–Crippen MR) is 107 cm³/mol. The molecule has 2 saturated heterocycles. The Labute approximate surface area is 171 Å². The van der Waals surface area contributed by atoms with Crippen molar-refractivity contribution in [3.8, 4) is 11.5 Å². The standard InChI is InChI=1S/C23H28O6/c1-23(2,17-3-5-21(15(7-17)9-24)28-13-19-11-26-19)18-4-6-22(16(8-18)10-25)29-14-20-12-27-20/h3-8,19-20,24-25H,9-14H2,1-2H3. The van der Waals surface area contributed by atoms with Crippen LogP contribution in [0.25, 0.3) is 0 Å². The number of epoxide rings is 2. The third-order valence-electron chi connectivity index (χ3n) is 5.56. The summed E-state index contributed by atoms with van der Waals surface area (Å²) in [4.78, 5) is 0. The minimum Gasteiger partial charge on any atom is -0.490 e. The second kappa shape index (κ2) is 8.32. The lowest BCUT2D eigenvalue weighted by Crippen LogP contribution is -2.20. The lowest BCUT2D eigenvalue weighted by atomic mass is 9.77. The molecular weight excluding hydrogens is 372 g/mol. The molecule has 2 aliphatic rings. The Bertz CT molecular complexity index is 785. The number of hydrogen-bond donors (Lipinski definition) is 2. The highest BCUT2D eigenvalue weighted by Crippen LogP contribution is 2.36. The van der Waals surface area contributed by atoms with Gasteiger partial charge in [0, 0.05) is 16.5 Å². The van der Waals surface area contributed by atoms with Gasteiger partial charge in [0.15, 0.2) is 0 Å². The topological polar surface area (TPSA) is 84.0 Å². The molecule has 6 nitrogen and oxygen atoms in total. The van der Waals surface area contributed by atoms with E-state index in [2.05, 4.69) is 13.8 Å². The SMILES string of the molecule is CC(C)(c1ccc(OCC2CO2)c(CO)c1)c1ccc(OCC2CO2)c(CO)c1. The van der Waals surface area contributed by atoms with E-state index in [1.165, 1.54) is 0 Å². The highest BCUT2D eigenvalue weighted by Gasteiger charge is 2.27. The van der Waals surface area contributed by atoms with Crippen LogP contribution in [0.1, 0.15) is 36.1 Å². The van der Waals surface area contributed by atoms with E-state index in [4.69, 9.17) is 18.9 Å². The number of benzene rings is 2. The smallest absolute Gasteiger partial charge is 0.124 e. The van der Waals surface area contributed by atoms with Crippen LogP contribution in [-0.4, -0.2) is 48.8 Å². The highest BCUT2D eigenvalue weighted by atomic mass is 16.6. The summed E-state index contributed by atoms with van der Waals surface area (Å²) in [7, 11) is 0. The number of hydrogen-bond acceptors (Lipinski definition) is 6. The summed E-state index contributed by atoms with van der Waals surface area (Å²) < 4.78 is 21.9. The predicted octanol–water partition coefficient (Wildman–Crippen LogP) is 2.55. The molecule has 0 saturated carbocycles. The third kappa shape index (κ3) is 4.73. The van der Waals surface area contributed by atoms with Crippen molar-refractivity contribution < 1.29 is 29.2 Å². The molecule has 0 aromatic heterocycles. The fraction of sp³-hybridized carbons (Fsp3) is 0.478. The van der Waals surface area contributed by atoms with Crippen LogP contribution in [0.3, 0.4) is 0 Å². The number of aliphatic hydroxyl groups is 2. The summed E-state index contributed by atoms with van der Waals surface area (Å²) in [6.45, 7) is 6.53. The molecular formula is C23H28O6. The van der Waals surface area contributed by atoms with E-state index >= 15 is 0 Å². The molecule has 4 rings (SSSR count). The Hall–Kier alpha value is -2.12. The monoisotopic (exact) mass is 400 g/mol. The van der Waals surface area contributed by atoms with Gasteiger partial charge in [-0.3, -0.25) is 0 Å². The summed E-state index contributed by atoms with van der Waals surface area (Å²) in [6.07, 6.45) is 0.337. The Morgan fingerprint density at radius 2 is 1.24 bits per heavy atom. The molecule has 2 atom stereocenters. The molecule has 2 N–H and O–H groups in total. The molecule has 2 heterocycles. The zero-order chi connectivity index (χ0) is 20.4. The maximum atomic E-state index is 9.82. The van der Waals surface area contributed by atoms with Crippen molar-refractivity contribution >= 4 is 0 Å². The van der Waals surface area contributed by atoms with Crippen molar-refractivity contribution in [2.24, 2.45) is 0 Å². The zero-order valence-corrected chi connectivity index (χ0v) is 16.9. The van der Waals surface area contributed by atoms with Gasteiger partial charge in [-0.05, 0) is 35.4 Å². The first-order chi connectivity index (χ1) is 14.0. The van der Waals surface area contributed by atoms with Gasteiger partial charge in [-0.1, -0.05) is 26.0 Å². The van der Waals surface area contributed by atoms with E-state index in [0.29, 0.717) is 24.7 Å². The summed E-state index contributed by atoms with van der Waals surface area (Å²) >= 11 is 0. The Balaban J connectivity index is 1.55. The molecule has 2 aliphatic heterocycles. The van der Waals surface area contributed by atoms with E-state index in [9.17, 15) is 10.2 Å². The first-order valence-electron chi connectivity index (χ1n) is 9.98. The van der Waals surface area contributed by atoms with Gasteiger partial charge < -0.3 is 29.2 Å². The zero-order valence-electron chi connectivity index (χ0n) is 16.9.